The number of nitrogens with one attached hydrogen (secondary N) is 1. The molecule has 15 heavy (non-hydrogen) atoms. The topological polar surface area (TPSA) is 42.2 Å². The standard InChI is InChI=1S/C10H13F2NO2/c1-5-4-8(7(3)15-5)6(2)13-10(14)9(11)12/h4,6,9H,1-3H3,(H,13,14). The van der Waals surface area contributed by atoms with E-state index in [4.69, 9.17) is 4.42 Å². The molecule has 1 rings (SSSR count). The lowest BCUT2D eigenvalue weighted by atomic mass is 10.1. The van der Waals surface area contributed by atoms with Gasteiger partial charge < -0.3 is 9.73 Å². The average molecular weight is 217 g/mol. The molecule has 0 saturated carbocycles. The van der Waals surface area contributed by atoms with E-state index in [0.717, 1.165) is 5.56 Å². The van der Waals surface area contributed by atoms with Crippen molar-refractivity contribution in [2.45, 2.75) is 33.2 Å². The summed E-state index contributed by atoms with van der Waals surface area (Å²) in [5.41, 5.74) is 0.724. The molecule has 84 valence electrons. The molecule has 1 aromatic heterocycles. The second-order valence-electron chi connectivity index (χ2n) is 3.40. The minimum absolute atomic E-state index is 0.469. The van der Waals surface area contributed by atoms with Gasteiger partial charge in [0.1, 0.15) is 11.5 Å². The molecule has 5 heteroatoms. The van der Waals surface area contributed by atoms with Crippen LogP contribution in [-0.2, 0) is 4.79 Å². The first-order valence-electron chi connectivity index (χ1n) is 4.57. The summed E-state index contributed by atoms with van der Waals surface area (Å²) in [6.07, 6.45) is -2.99. The van der Waals surface area contributed by atoms with Gasteiger partial charge in [0.2, 0.25) is 0 Å². The van der Waals surface area contributed by atoms with Crippen LogP contribution in [0.4, 0.5) is 8.78 Å². The zero-order valence-electron chi connectivity index (χ0n) is 8.80. The fourth-order valence-corrected chi connectivity index (χ4v) is 1.43. The molecular weight excluding hydrogens is 204 g/mol. The van der Waals surface area contributed by atoms with Crippen molar-refractivity contribution in [1.29, 1.82) is 0 Å². The zero-order chi connectivity index (χ0) is 11.6. The number of carbonyl (C=O) groups is 1. The lowest BCUT2D eigenvalue weighted by molar-refractivity contribution is -0.132. The molecule has 0 radical (unpaired) electrons. The van der Waals surface area contributed by atoms with Gasteiger partial charge in [0, 0.05) is 5.56 Å². The Morgan fingerprint density at radius 2 is 2.07 bits per heavy atom. The van der Waals surface area contributed by atoms with Crippen LogP contribution in [0.2, 0.25) is 0 Å². The van der Waals surface area contributed by atoms with Gasteiger partial charge in [-0.05, 0) is 26.8 Å². The van der Waals surface area contributed by atoms with Crippen molar-refractivity contribution >= 4 is 5.91 Å². The quantitative estimate of drug-likeness (QED) is 0.844. The lowest BCUT2D eigenvalue weighted by Crippen LogP contribution is -2.31. The maximum atomic E-state index is 12.0. The molecule has 0 fully saturated rings. The second-order valence-corrected chi connectivity index (χ2v) is 3.40. The van der Waals surface area contributed by atoms with E-state index in [1.54, 1.807) is 26.8 Å². The molecule has 3 nitrogen and oxygen atoms in total. The number of hydrogen-bond donors (Lipinski definition) is 1. The maximum Gasteiger partial charge on any atom is 0.315 e. The fraction of sp³-hybridized carbons (Fsp3) is 0.500. The van der Waals surface area contributed by atoms with E-state index >= 15 is 0 Å². The molecule has 0 spiro atoms. The first-order chi connectivity index (χ1) is 6.91. The Morgan fingerprint density at radius 3 is 2.47 bits per heavy atom. The van der Waals surface area contributed by atoms with Gasteiger partial charge in [-0.1, -0.05) is 0 Å². The molecule has 0 aliphatic carbocycles. The van der Waals surface area contributed by atoms with Crippen molar-refractivity contribution in [3.05, 3.63) is 23.2 Å². The number of furan rings is 1. The van der Waals surface area contributed by atoms with Gasteiger partial charge in [-0.25, -0.2) is 0 Å². The zero-order valence-corrected chi connectivity index (χ0v) is 8.80. The Hall–Kier alpha value is -1.39. The van der Waals surface area contributed by atoms with Gasteiger partial charge in [0.25, 0.3) is 5.91 Å². The van der Waals surface area contributed by atoms with Crippen LogP contribution in [0.1, 0.15) is 30.0 Å². The smallest absolute Gasteiger partial charge is 0.315 e. The highest BCUT2D eigenvalue weighted by atomic mass is 19.3. The van der Waals surface area contributed by atoms with Crippen LogP contribution in [0, 0.1) is 13.8 Å². The Balaban J connectivity index is 2.73. The molecule has 0 aliphatic rings. The number of carbonyl (C=O) groups excluding carboxylic acids is 1. The van der Waals surface area contributed by atoms with Gasteiger partial charge in [0.05, 0.1) is 6.04 Å². The van der Waals surface area contributed by atoms with Crippen molar-refractivity contribution in [3.63, 3.8) is 0 Å². The molecular formula is C10H13F2NO2. The second kappa shape index (κ2) is 4.42. The minimum atomic E-state index is -2.99. The lowest BCUT2D eigenvalue weighted by Gasteiger charge is -2.12. The van der Waals surface area contributed by atoms with Crippen molar-refractivity contribution in [2.75, 3.05) is 0 Å². The first kappa shape index (κ1) is 11.7. The normalized spacial score (nSPS) is 12.9. The summed E-state index contributed by atoms with van der Waals surface area (Å²) in [7, 11) is 0. The number of hydrogen-bond acceptors (Lipinski definition) is 2. The van der Waals surface area contributed by atoms with E-state index in [2.05, 4.69) is 5.32 Å². The monoisotopic (exact) mass is 217 g/mol. The average Bonchev–Trinajstić information content (AvgIpc) is 2.44. The predicted octanol–water partition coefficient (Wildman–Crippen LogP) is 2.34. The third-order valence-corrected chi connectivity index (χ3v) is 2.10. The van der Waals surface area contributed by atoms with Gasteiger partial charge in [-0.15, -0.1) is 0 Å². The Morgan fingerprint density at radius 1 is 1.47 bits per heavy atom. The van der Waals surface area contributed by atoms with Gasteiger partial charge in [0.15, 0.2) is 0 Å². The maximum absolute atomic E-state index is 12.0. The van der Waals surface area contributed by atoms with Gasteiger partial charge >= 0.3 is 6.43 Å². The van der Waals surface area contributed by atoms with Crippen LogP contribution < -0.4 is 5.32 Å². The summed E-state index contributed by atoms with van der Waals surface area (Å²) in [5.74, 6) is 0.0657. The Kier molecular flexibility index (Phi) is 3.44. The SMILES string of the molecule is Cc1cc(C(C)NC(=O)C(F)F)c(C)o1. The van der Waals surface area contributed by atoms with Gasteiger partial charge in [-0.2, -0.15) is 8.78 Å². The highest BCUT2D eigenvalue weighted by Gasteiger charge is 2.20. The molecule has 0 aliphatic heterocycles. The summed E-state index contributed by atoms with van der Waals surface area (Å²) >= 11 is 0. The van der Waals surface area contributed by atoms with E-state index in [9.17, 15) is 13.6 Å². The number of alkyl halides is 2. The molecule has 0 aromatic carbocycles. The predicted molar refractivity (Wildman–Crippen MR) is 50.7 cm³/mol. The molecule has 1 unspecified atom stereocenters. The fourth-order valence-electron chi connectivity index (χ4n) is 1.43. The summed E-state index contributed by atoms with van der Waals surface area (Å²) in [6, 6.07) is 1.26. The van der Waals surface area contributed by atoms with Crippen LogP contribution in [0.5, 0.6) is 0 Å². The molecule has 0 saturated heterocycles. The van der Waals surface area contributed by atoms with Gasteiger partial charge in [-0.3, -0.25) is 4.79 Å². The molecule has 1 heterocycles. The van der Waals surface area contributed by atoms with Crippen LogP contribution in [-0.4, -0.2) is 12.3 Å². The minimum Gasteiger partial charge on any atom is -0.466 e. The molecule has 1 atom stereocenters. The van der Waals surface area contributed by atoms with Crippen LogP contribution in [0.15, 0.2) is 10.5 Å². The van der Waals surface area contributed by atoms with Crippen molar-refractivity contribution in [2.24, 2.45) is 0 Å². The highest BCUT2D eigenvalue weighted by Crippen LogP contribution is 2.21. The largest absolute Gasteiger partial charge is 0.466 e. The Bertz CT molecular complexity index is 360. The molecule has 0 bridgehead atoms. The third kappa shape index (κ3) is 2.78. The van der Waals surface area contributed by atoms with Crippen molar-refractivity contribution in [1.82, 2.24) is 5.32 Å². The Labute approximate surface area is 86.5 Å². The van der Waals surface area contributed by atoms with Crippen LogP contribution >= 0.6 is 0 Å². The van der Waals surface area contributed by atoms with Crippen molar-refractivity contribution in [3.8, 4) is 0 Å². The van der Waals surface area contributed by atoms with E-state index < -0.39 is 18.4 Å². The number of amides is 1. The van der Waals surface area contributed by atoms with Crippen LogP contribution in [0.25, 0.3) is 0 Å². The van der Waals surface area contributed by atoms with E-state index in [1.165, 1.54) is 0 Å². The van der Waals surface area contributed by atoms with E-state index in [-0.39, 0.29) is 0 Å². The number of rotatable bonds is 3. The summed E-state index contributed by atoms with van der Waals surface area (Å²) < 4.78 is 29.2. The molecule has 1 N–H and O–H groups in total. The van der Waals surface area contributed by atoms with Crippen molar-refractivity contribution < 1.29 is 18.0 Å². The van der Waals surface area contributed by atoms with E-state index in [0.29, 0.717) is 11.5 Å². The number of aryl methyl sites for hydroxylation is 2. The highest BCUT2D eigenvalue weighted by molar-refractivity contribution is 5.79. The number of halogens is 2. The molecule has 1 amide bonds. The summed E-state index contributed by atoms with van der Waals surface area (Å²) in [6.45, 7) is 5.13. The summed E-state index contributed by atoms with van der Waals surface area (Å²) in [5, 5.41) is 2.20. The van der Waals surface area contributed by atoms with Crippen LogP contribution in [0.3, 0.4) is 0 Å². The molecule has 1 aromatic rings. The third-order valence-electron chi connectivity index (χ3n) is 2.10. The summed E-state index contributed by atoms with van der Waals surface area (Å²) in [4.78, 5) is 10.8. The first-order valence-corrected chi connectivity index (χ1v) is 4.57. The van der Waals surface area contributed by atoms with E-state index in [1.807, 2.05) is 0 Å².